The summed E-state index contributed by atoms with van der Waals surface area (Å²) in [4.78, 5) is 73.2. The molecule has 0 bridgehead atoms. The highest BCUT2D eigenvalue weighted by molar-refractivity contribution is 7.47. The number of allylic oxidation sites excluding steroid dienone is 30. The van der Waals surface area contributed by atoms with Crippen LogP contribution in [0.2, 0.25) is 0 Å². The number of rotatable bonds is 77. The Hall–Kier alpha value is -5.84. The minimum atomic E-state index is -5.01. The van der Waals surface area contributed by atoms with Crippen molar-refractivity contribution in [2.24, 2.45) is 0 Å². The van der Waals surface area contributed by atoms with Crippen LogP contribution in [0, 0.1) is 0 Å². The second kappa shape index (κ2) is 81.2. The number of ether oxygens (including phenoxy) is 4. The molecule has 0 aliphatic rings. The molecule has 0 heterocycles. The summed E-state index contributed by atoms with van der Waals surface area (Å²) in [6, 6.07) is 0. The third kappa shape index (κ3) is 80.2. The van der Waals surface area contributed by atoms with Gasteiger partial charge < -0.3 is 33.8 Å². The lowest BCUT2D eigenvalue weighted by molar-refractivity contribution is -0.161. The largest absolute Gasteiger partial charge is 0.472 e. The van der Waals surface area contributed by atoms with Crippen LogP contribution in [0.25, 0.3) is 0 Å². The van der Waals surface area contributed by atoms with E-state index in [2.05, 4.69) is 210 Å². The normalized spacial score (nSPS) is 14.7. The van der Waals surface area contributed by atoms with E-state index in [-0.39, 0.29) is 25.7 Å². The van der Waals surface area contributed by atoms with Crippen LogP contribution in [0.3, 0.4) is 0 Å². The van der Waals surface area contributed by atoms with Gasteiger partial charge in [-0.1, -0.05) is 287 Å². The number of carbonyl (C=O) groups is 4. The van der Waals surface area contributed by atoms with Gasteiger partial charge in [-0.3, -0.25) is 37.3 Å². The van der Waals surface area contributed by atoms with E-state index in [9.17, 15) is 43.2 Å². The first-order chi connectivity index (χ1) is 53.7. The SMILES string of the molecule is CC/C=C\C/C=C\C/C=C\C/C=C\C/C=C\CCCCCC(=O)OCC(COP(=O)(O)OCC(O)COP(=O)(O)OCC(COC(=O)CCCCC/C=C\C/C=C\C/C=C\C/C=C\C/C=C\CC)OC(=O)CCCCCCC/C=C\CCCCCCCC)OC(=O)CCCCCC/C=C\C/C=C\C/C=C\C/C=C\CC. The van der Waals surface area contributed by atoms with E-state index in [1.165, 1.54) is 38.5 Å². The lowest BCUT2D eigenvalue weighted by atomic mass is 10.1. The summed E-state index contributed by atoms with van der Waals surface area (Å²) in [5, 5.41) is 10.7. The molecule has 0 fully saturated rings. The van der Waals surface area contributed by atoms with Crippen LogP contribution in [0.5, 0.6) is 0 Å². The third-order valence-electron chi connectivity index (χ3n) is 16.8. The highest BCUT2D eigenvalue weighted by Gasteiger charge is 2.30. The third-order valence-corrected chi connectivity index (χ3v) is 18.7. The number of phosphoric acid groups is 2. The smallest absolute Gasteiger partial charge is 0.462 e. The highest BCUT2D eigenvalue weighted by atomic mass is 31.2. The number of carbonyl (C=O) groups excluding carboxylic acids is 4. The van der Waals surface area contributed by atoms with E-state index in [4.69, 9.17) is 37.0 Å². The Balaban J connectivity index is 5.49. The number of aliphatic hydroxyl groups excluding tert-OH is 1. The fourth-order valence-electron chi connectivity index (χ4n) is 10.6. The molecule has 19 heteroatoms. The molecule has 17 nitrogen and oxygen atoms in total. The van der Waals surface area contributed by atoms with Gasteiger partial charge in [0.05, 0.1) is 26.4 Å². The molecule has 0 aromatic heterocycles. The van der Waals surface area contributed by atoms with Crippen LogP contribution in [0.15, 0.2) is 182 Å². The highest BCUT2D eigenvalue weighted by Crippen LogP contribution is 2.45. The van der Waals surface area contributed by atoms with Crippen molar-refractivity contribution in [2.75, 3.05) is 39.6 Å². The summed E-state index contributed by atoms with van der Waals surface area (Å²) >= 11 is 0. The van der Waals surface area contributed by atoms with Crippen molar-refractivity contribution in [1.29, 1.82) is 0 Å². The molecule has 0 aromatic rings. The fraction of sp³-hybridized carbons (Fsp3) is 0.626. The summed E-state index contributed by atoms with van der Waals surface area (Å²) in [6.45, 7) is 4.42. The standard InChI is InChI=1S/C91H148O17P2/c1-5-9-13-17-21-25-29-33-37-40-42-45-48-51-55-59-63-67-71-75-88(93)101-81-86(107-90(95)77-73-69-65-61-57-53-47-36-32-28-24-20-16-12-8-4)83-105-109(97,98)103-79-85(92)80-104-110(99,100)106-84-87(108-91(96)78-74-70-66-62-58-54-50-44-39-35-31-27-23-19-15-11-7-3)82-102-89(94)76-72-68-64-60-56-52-49-46-43-41-38-34-30-26-22-18-14-10-6-2/h9-11,13-15,21-23,25-27,33-39,42-43,45-47,50-52,54-56,85-87,92H,5-8,12,16-20,24,28-32,40-41,44,48-49,53,57-84H2,1-4H3,(H,97,98)(H,99,100)/b13-9-,14-10-,15-11-,25-21-,26-22-,27-23-,37-33-,38-34-,39-35-,45-42-,46-43-,47-36-,54-50-,55-51-,56-52-. The lowest BCUT2D eigenvalue weighted by Crippen LogP contribution is -2.30. The molecular weight excluding hydrogens is 1430 g/mol. The molecular formula is C91H148O17P2. The summed E-state index contributed by atoms with van der Waals surface area (Å²) in [6.07, 6.45) is 98.6. The van der Waals surface area contributed by atoms with Crippen molar-refractivity contribution in [3.8, 4) is 0 Å². The van der Waals surface area contributed by atoms with E-state index in [0.717, 1.165) is 193 Å². The Morgan fingerprint density at radius 2 is 0.473 bits per heavy atom. The average Bonchev–Trinajstić information content (AvgIpc) is 0.906. The van der Waals surface area contributed by atoms with Crippen LogP contribution < -0.4 is 0 Å². The first kappa shape index (κ1) is 104. The Kier molecular flexibility index (Phi) is 76.9. The van der Waals surface area contributed by atoms with Gasteiger partial charge in [-0.2, -0.15) is 0 Å². The fourth-order valence-corrected chi connectivity index (χ4v) is 12.1. The molecule has 0 saturated heterocycles. The van der Waals surface area contributed by atoms with E-state index in [0.29, 0.717) is 25.7 Å². The Bertz CT molecular complexity index is 2800. The molecule has 0 aromatic carbocycles. The van der Waals surface area contributed by atoms with Crippen molar-refractivity contribution < 1.29 is 80.2 Å². The van der Waals surface area contributed by atoms with Gasteiger partial charge >= 0.3 is 39.5 Å². The molecule has 0 saturated carbocycles. The zero-order valence-electron chi connectivity index (χ0n) is 68.4. The van der Waals surface area contributed by atoms with Crippen molar-refractivity contribution in [3.63, 3.8) is 0 Å². The number of esters is 4. The number of unbranched alkanes of at least 4 members (excludes halogenated alkanes) is 21. The van der Waals surface area contributed by atoms with Gasteiger partial charge in [-0.25, -0.2) is 9.13 Å². The maximum absolute atomic E-state index is 13.1. The van der Waals surface area contributed by atoms with Crippen LogP contribution in [-0.2, 0) is 65.4 Å². The van der Waals surface area contributed by atoms with Gasteiger partial charge in [0, 0.05) is 25.7 Å². The molecule has 110 heavy (non-hydrogen) atoms. The lowest BCUT2D eigenvalue weighted by Gasteiger charge is -2.21. The summed E-state index contributed by atoms with van der Waals surface area (Å²) in [5.74, 6) is -2.29. The number of hydrogen-bond donors (Lipinski definition) is 3. The number of hydrogen-bond acceptors (Lipinski definition) is 15. The first-order valence-electron chi connectivity index (χ1n) is 42.0. The maximum atomic E-state index is 13.1. The predicted octanol–water partition coefficient (Wildman–Crippen LogP) is 25.1. The van der Waals surface area contributed by atoms with Crippen molar-refractivity contribution in [1.82, 2.24) is 0 Å². The van der Waals surface area contributed by atoms with E-state index >= 15 is 0 Å². The van der Waals surface area contributed by atoms with Crippen molar-refractivity contribution in [2.45, 2.75) is 329 Å². The van der Waals surface area contributed by atoms with E-state index < -0.39 is 97.5 Å². The van der Waals surface area contributed by atoms with E-state index in [1.807, 2.05) is 0 Å². The van der Waals surface area contributed by atoms with Gasteiger partial charge in [0.25, 0.3) is 0 Å². The molecule has 5 atom stereocenters. The molecule has 0 aliphatic carbocycles. The zero-order valence-corrected chi connectivity index (χ0v) is 70.1. The number of aliphatic hydroxyl groups is 1. The molecule has 0 spiro atoms. The van der Waals surface area contributed by atoms with Crippen LogP contribution in [0.1, 0.15) is 310 Å². The van der Waals surface area contributed by atoms with Crippen molar-refractivity contribution in [3.05, 3.63) is 182 Å². The first-order valence-corrected chi connectivity index (χ1v) is 45.0. The monoisotopic (exact) mass is 1580 g/mol. The predicted molar refractivity (Wildman–Crippen MR) is 454 cm³/mol. The van der Waals surface area contributed by atoms with Gasteiger partial charge in [0.1, 0.15) is 19.3 Å². The maximum Gasteiger partial charge on any atom is 0.472 e. The molecule has 0 radical (unpaired) electrons. The van der Waals surface area contributed by atoms with Crippen LogP contribution in [-0.4, -0.2) is 96.7 Å². The molecule has 0 amide bonds. The van der Waals surface area contributed by atoms with E-state index in [1.54, 1.807) is 0 Å². The summed E-state index contributed by atoms with van der Waals surface area (Å²) < 4.78 is 68.7. The Morgan fingerprint density at radius 3 is 0.745 bits per heavy atom. The Morgan fingerprint density at radius 1 is 0.264 bits per heavy atom. The molecule has 0 aliphatic heterocycles. The van der Waals surface area contributed by atoms with Crippen LogP contribution >= 0.6 is 15.6 Å². The Labute approximate surface area is 666 Å². The molecule has 5 unspecified atom stereocenters. The second-order valence-corrected chi connectivity index (χ2v) is 30.2. The topological polar surface area (TPSA) is 237 Å². The minimum Gasteiger partial charge on any atom is -0.462 e. The van der Waals surface area contributed by atoms with Gasteiger partial charge in [-0.15, -0.1) is 0 Å². The summed E-state index contributed by atoms with van der Waals surface area (Å²) in [7, 11) is -10.0. The molecule has 624 valence electrons. The average molecular weight is 1580 g/mol. The van der Waals surface area contributed by atoms with Gasteiger partial charge in [0.15, 0.2) is 12.2 Å². The van der Waals surface area contributed by atoms with Crippen molar-refractivity contribution >= 4 is 39.5 Å². The quantitative estimate of drug-likeness (QED) is 0.0169. The van der Waals surface area contributed by atoms with Gasteiger partial charge in [-0.05, 0) is 180 Å². The van der Waals surface area contributed by atoms with Gasteiger partial charge in [0.2, 0.25) is 0 Å². The molecule has 3 N–H and O–H groups in total. The molecule has 0 rings (SSSR count). The van der Waals surface area contributed by atoms with Crippen LogP contribution in [0.4, 0.5) is 0 Å². The minimum absolute atomic E-state index is 0.0515. The zero-order chi connectivity index (χ0) is 80.3. The second-order valence-electron chi connectivity index (χ2n) is 27.3. The number of phosphoric ester groups is 2. The summed E-state index contributed by atoms with van der Waals surface area (Å²) in [5.41, 5.74) is 0.